The fourth-order valence-electron chi connectivity index (χ4n) is 2.29. The van der Waals surface area contributed by atoms with Crippen LogP contribution in [0, 0.1) is 5.92 Å². The molecule has 4 atom stereocenters. The smallest absolute Gasteiger partial charge is 0.169 e. The van der Waals surface area contributed by atoms with Crippen LogP contribution in [-0.2, 0) is 19.0 Å². The van der Waals surface area contributed by atoms with Gasteiger partial charge in [-0.15, -0.1) is 0 Å². The number of hydrogen-bond donors (Lipinski definition) is 0. The molecule has 0 radical (unpaired) electrons. The summed E-state index contributed by atoms with van der Waals surface area (Å²) in [6, 6.07) is 0. The molecule has 1 saturated heterocycles. The Hall–Kier alpha value is -0.450. The summed E-state index contributed by atoms with van der Waals surface area (Å²) in [7, 11) is 1.60. The number of carbonyl (C=O) groups is 1. The van der Waals surface area contributed by atoms with Crippen LogP contribution in [-0.4, -0.2) is 37.0 Å². The van der Waals surface area contributed by atoms with E-state index in [1.54, 1.807) is 7.11 Å². The van der Waals surface area contributed by atoms with Crippen molar-refractivity contribution in [1.82, 2.24) is 0 Å². The summed E-state index contributed by atoms with van der Waals surface area (Å²) >= 11 is 0. The zero-order chi connectivity index (χ0) is 10.5. The predicted molar refractivity (Wildman–Crippen MR) is 48.8 cm³/mol. The SMILES string of the molecule is COC1C(C)C(=O)C2OC(C)(C)OC21. The van der Waals surface area contributed by atoms with Crippen molar-refractivity contribution >= 4 is 5.78 Å². The van der Waals surface area contributed by atoms with Gasteiger partial charge in [0.15, 0.2) is 11.6 Å². The maximum Gasteiger partial charge on any atom is 0.169 e. The van der Waals surface area contributed by atoms with Crippen LogP contribution in [0.1, 0.15) is 20.8 Å². The highest BCUT2D eigenvalue weighted by atomic mass is 16.8. The van der Waals surface area contributed by atoms with Crippen LogP contribution in [0.3, 0.4) is 0 Å². The second-order valence-electron chi connectivity index (χ2n) is 4.41. The maximum atomic E-state index is 11.8. The molecular formula is C10H16O4. The summed E-state index contributed by atoms with van der Waals surface area (Å²) in [6.45, 7) is 5.49. The minimum absolute atomic E-state index is 0.0902. The van der Waals surface area contributed by atoms with Crippen LogP contribution >= 0.6 is 0 Å². The summed E-state index contributed by atoms with van der Waals surface area (Å²) in [4.78, 5) is 11.8. The van der Waals surface area contributed by atoms with Crippen LogP contribution in [0.25, 0.3) is 0 Å². The summed E-state index contributed by atoms with van der Waals surface area (Å²) in [6.07, 6.45) is -0.850. The monoisotopic (exact) mass is 200 g/mol. The number of ketones is 1. The molecule has 14 heavy (non-hydrogen) atoms. The first-order chi connectivity index (χ1) is 6.46. The van der Waals surface area contributed by atoms with Gasteiger partial charge in [0.05, 0.1) is 6.10 Å². The van der Waals surface area contributed by atoms with E-state index in [1.165, 1.54) is 0 Å². The van der Waals surface area contributed by atoms with Gasteiger partial charge in [0.1, 0.15) is 12.2 Å². The fraction of sp³-hybridized carbons (Fsp3) is 0.900. The maximum absolute atomic E-state index is 11.8. The summed E-state index contributed by atoms with van der Waals surface area (Å²) in [5.41, 5.74) is 0. The molecule has 1 heterocycles. The molecule has 1 saturated carbocycles. The van der Waals surface area contributed by atoms with Gasteiger partial charge in [-0.25, -0.2) is 0 Å². The van der Waals surface area contributed by atoms with Crippen LogP contribution in [0.15, 0.2) is 0 Å². The van der Waals surface area contributed by atoms with Crippen molar-refractivity contribution in [1.29, 1.82) is 0 Å². The number of hydrogen-bond acceptors (Lipinski definition) is 4. The van der Waals surface area contributed by atoms with Crippen LogP contribution in [0.4, 0.5) is 0 Å². The molecule has 4 unspecified atom stereocenters. The molecule has 0 aromatic carbocycles. The molecule has 0 aromatic heterocycles. The number of methoxy groups -OCH3 is 1. The van der Waals surface area contributed by atoms with Crippen molar-refractivity contribution in [2.75, 3.05) is 7.11 Å². The lowest BCUT2D eigenvalue weighted by Gasteiger charge is -2.23. The Morgan fingerprint density at radius 3 is 2.57 bits per heavy atom. The lowest BCUT2D eigenvalue weighted by Crippen LogP contribution is -2.32. The van der Waals surface area contributed by atoms with Gasteiger partial charge in [-0.3, -0.25) is 4.79 Å². The van der Waals surface area contributed by atoms with Gasteiger partial charge < -0.3 is 14.2 Å². The topological polar surface area (TPSA) is 44.8 Å². The fourth-order valence-corrected chi connectivity index (χ4v) is 2.29. The Balaban J connectivity index is 2.23. The van der Waals surface area contributed by atoms with E-state index in [0.717, 1.165) is 0 Å². The van der Waals surface area contributed by atoms with Crippen molar-refractivity contribution in [3.63, 3.8) is 0 Å². The predicted octanol–water partition coefficient (Wildman–Crippen LogP) is 0.740. The lowest BCUT2D eigenvalue weighted by molar-refractivity contribution is -0.174. The highest BCUT2D eigenvalue weighted by molar-refractivity contribution is 5.89. The minimum atomic E-state index is -0.665. The molecule has 2 fully saturated rings. The van der Waals surface area contributed by atoms with Gasteiger partial charge in [0.25, 0.3) is 0 Å². The van der Waals surface area contributed by atoms with Gasteiger partial charge in [-0.05, 0) is 13.8 Å². The number of fused-ring (bicyclic) bond motifs is 1. The molecule has 1 aliphatic heterocycles. The van der Waals surface area contributed by atoms with E-state index in [0.29, 0.717) is 0 Å². The minimum Gasteiger partial charge on any atom is -0.378 e. The first-order valence-electron chi connectivity index (χ1n) is 4.88. The Kier molecular flexibility index (Phi) is 2.17. The third-order valence-corrected chi connectivity index (χ3v) is 2.95. The largest absolute Gasteiger partial charge is 0.378 e. The lowest BCUT2D eigenvalue weighted by atomic mass is 10.1. The number of rotatable bonds is 1. The molecule has 2 aliphatic rings. The highest BCUT2D eigenvalue weighted by Gasteiger charge is 2.57. The van der Waals surface area contributed by atoms with E-state index in [4.69, 9.17) is 14.2 Å². The Bertz CT molecular complexity index is 261. The normalized spacial score (nSPS) is 45.6. The van der Waals surface area contributed by atoms with Crippen LogP contribution < -0.4 is 0 Å². The van der Waals surface area contributed by atoms with Gasteiger partial charge in [-0.1, -0.05) is 6.92 Å². The van der Waals surface area contributed by atoms with Crippen molar-refractivity contribution in [3.8, 4) is 0 Å². The molecule has 0 bridgehead atoms. The van der Waals surface area contributed by atoms with E-state index in [-0.39, 0.29) is 23.9 Å². The second-order valence-corrected chi connectivity index (χ2v) is 4.41. The standard InChI is InChI=1S/C10H16O4/c1-5-6(11)8-9(7(5)12-4)14-10(2,3)13-8/h5,7-9H,1-4H3. The van der Waals surface area contributed by atoms with E-state index >= 15 is 0 Å². The molecule has 2 rings (SSSR count). The average Bonchev–Trinajstić information content (AvgIpc) is 2.50. The Morgan fingerprint density at radius 1 is 1.36 bits per heavy atom. The number of carbonyl (C=O) groups excluding carboxylic acids is 1. The molecule has 0 N–H and O–H groups in total. The summed E-state index contributed by atoms with van der Waals surface area (Å²) in [5, 5.41) is 0. The van der Waals surface area contributed by atoms with E-state index in [2.05, 4.69) is 0 Å². The van der Waals surface area contributed by atoms with Gasteiger partial charge >= 0.3 is 0 Å². The summed E-state index contributed by atoms with van der Waals surface area (Å²) < 4.78 is 16.5. The molecule has 4 heteroatoms. The van der Waals surface area contributed by atoms with E-state index in [1.807, 2.05) is 20.8 Å². The Labute approximate surface area is 83.5 Å². The number of Topliss-reactive ketones (excluding diaryl/α,β-unsaturated/α-hetero) is 1. The average molecular weight is 200 g/mol. The van der Waals surface area contributed by atoms with Gasteiger partial charge in [-0.2, -0.15) is 0 Å². The third-order valence-electron chi connectivity index (χ3n) is 2.95. The molecule has 80 valence electrons. The molecule has 0 aromatic rings. The zero-order valence-corrected chi connectivity index (χ0v) is 8.94. The van der Waals surface area contributed by atoms with Crippen molar-refractivity contribution < 1.29 is 19.0 Å². The first kappa shape index (κ1) is 10.1. The highest BCUT2D eigenvalue weighted by Crippen LogP contribution is 2.39. The number of ether oxygens (including phenoxy) is 3. The summed E-state index contributed by atoms with van der Waals surface area (Å²) in [5.74, 6) is -0.708. The third kappa shape index (κ3) is 1.29. The van der Waals surface area contributed by atoms with Crippen molar-refractivity contribution in [3.05, 3.63) is 0 Å². The van der Waals surface area contributed by atoms with Crippen LogP contribution in [0.5, 0.6) is 0 Å². The van der Waals surface area contributed by atoms with E-state index in [9.17, 15) is 4.79 Å². The zero-order valence-electron chi connectivity index (χ0n) is 8.94. The Morgan fingerprint density at radius 2 is 2.00 bits per heavy atom. The van der Waals surface area contributed by atoms with E-state index < -0.39 is 11.9 Å². The quantitative estimate of drug-likeness (QED) is 0.626. The second kappa shape index (κ2) is 3.02. The van der Waals surface area contributed by atoms with Gasteiger partial charge in [0, 0.05) is 13.0 Å². The van der Waals surface area contributed by atoms with Crippen molar-refractivity contribution in [2.45, 2.75) is 44.9 Å². The molecule has 0 amide bonds. The van der Waals surface area contributed by atoms with Gasteiger partial charge in [0.2, 0.25) is 0 Å². The van der Waals surface area contributed by atoms with Crippen molar-refractivity contribution in [2.24, 2.45) is 5.92 Å². The van der Waals surface area contributed by atoms with Crippen LogP contribution in [0.2, 0.25) is 0 Å². The molecule has 0 spiro atoms. The molecular weight excluding hydrogens is 184 g/mol. The molecule has 4 nitrogen and oxygen atoms in total. The molecule has 1 aliphatic carbocycles. The first-order valence-corrected chi connectivity index (χ1v) is 4.88.